The zero-order valence-corrected chi connectivity index (χ0v) is 10.5. The van der Waals surface area contributed by atoms with Gasteiger partial charge in [-0.2, -0.15) is 0 Å². The lowest BCUT2D eigenvalue weighted by molar-refractivity contribution is 0.731. The molecule has 1 rings (SSSR count). The van der Waals surface area contributed by atoms with Crippen LogP contribution in [0.3, 0.4) is 0 Å². The van der Waals surface area contributed by atoms with Gasteiger partial charge in [0.2, 0.25) is 0 Å². The van der Waals surface area contributed by atoms with Crippen LogP contribution in [-0.2, 0) is 0 Å². The molecule has 0 aliphatic rings. The van der Waals surface area contributed by atoms with E-state index in [0.717, 1.165) is 4.90 Å². The largest absolute Gasteiger partial charge is 0.327 e. The van der Waals surface area contributed by atoms with Crippen LogP contribution in [0, 0.1) is 0 Å². The van der Waals surface area contributed by atoms with E-state index in [2.05, 4.69) is 6.92 Å². The molecule has 0 aliphatic carbocycles. The summed E-state index contributed by atoms with van der Waals surface area (Å²) in [5, 5.41) is 1.55. The minimum atomic E-state index is 0.162. The monoisotopic (exact) mass is 249 g/mol. The van der Waals surface area contributed by atoms with Gasteiger partial charge in [-0.3, -0.25) is 0 Å². The van der Waals surface area contributed by atoms with E-state index in [9.17, 15) is 0 Å². The van der Waals surface area contributed by atoms with Crippen molar-refractivity contribution in [3.63, 3.8) is 0 Å². The van der Waals surface area contributed by atoms with Crippen molar-refractivity contribution in [1.82, 2.24) is 0 Å². The van der Waals surface area contributed by atoms with Gasteiger partial charge in [-0.1, -0.05) is 30.1 Å². The Bertz CT molecular complexity index is 315. The summed E-state index contributed by atoms with van der Waals surface area (Å²) in [6.07, 6.45) is 0. The van der Waals surface area contributed by atoms with Crippen molar-refractivity contribution < 1.29 is 0 Å². The maximum atomic E-state index is 5.90. The Morgan fingerprint density at radius 3 is 2.36 bits per heavy atom. The van der Waals surface area contributed by atoms with Crippen molar-refractivity contribution >= 4 is 35.0 Å². The first-order valence-corrected chi connectivity index (χ1v) is 6.01. The lowest BCUT2D eigenvalue weighted by Crippen LogP contribution is -2.26. The fraction of sp³-hybridized carbons (Fsp3) is 0.400. The van der Waals surface area contributed by atoms with Crippen LogP contribution in [0.1, 0.15) is 13.8 Å². The molecule has 4 heteroatoms. The zero-order valence-electron chi connectivity index (χ0n) is 8.13. The number of halogens is 2. The quantitative estimate of drug-likeness (QED) is 0.825. The van der Waals surface area contributed by atoms with Crippen LogP contribution in [0.15, 0.2) is 23.1 Å². The average Bonchev–Trinajstić information content (AvgIpc) is 2.11. The Balaban J connectivity index is 2.73. The molecule has 0 fully saturated rings. The summed E-state index contributed by atoms with van der Waals surface area (Å²) in [6.45, 7) is 4.09. The minimum absolute atomic E-state index is 0.162. The molecular formula is C10H13Cl2NS. The van der Waals surface area contributed by atoms with E-state index < -0.39 is 0 Å². The van der Waals surface area contributed by atoms with E-state index in [4.69, 9.17) is 28.9 Å². The molecule has 2 unspecified atom stereocenters. The molecule has 2 atom stereocenters. The van der Waals surface area contributed by atoms with Crippen LogP contribution in [0.25, 0.3) is 0 Å². The third kappa shape index (κ3) is 3.35. The van der Waals surface area contributed by atoms with E-state index in [-0.39, 0.29) is 6.04 Å². The second-order valence-corrected chi connectivity index (χ2v) is 5.52. The van der Waals surface area contributed by atoms with Gasteiger partial charge in [-0.15, -0.1) is 11.8 Å². The van der Waals surface area contributed by atoms with E-state index in [1.807, 2.05) is 19.1 Å². The molecule has 0 spiro atoms. The Morgan fingerprint density at radius 2 is 1.86 bits per heavy atom. The molecule has 0 saturated carbocycles. The summed E-state index contributed by atoms with van der Waals surface area (Å²) in [6, 6.07) is 5.79. The van der Waals surface area contributed by atoms with E-state index in [1.54, 1.807) is 17.8 Å². The molecule has 1 aromatic rings. The molecule has 1 aromatic carbocycles. The number of rotatable bonds is 3. The summed E-state index contributed by atoms with van der Waals surface area (Å²) < 4.78 is 0. The molecule has 0 aliphatic heterocycles. The maximum Gasteiger partial charge on any atom is 0.0603 e. The van der Waals surface area contributed by atoms with Crippen molar-refractivity contribution in [1.29, 1.82) is 0 Å². The van der Waals surface area contributed by atoms with Crippen LogP contribution >= 0.6 is 35.0 Å². The highest BCUT2D eigenvalue weighted by molar-refractivity contribution is 8.00. The molecule has 1 nitrogen and oxygen atoms in total. The summed E-state index contributed by atoms with van der Waals surface area (Å²) >= 11 is 13.4. The first-order valence-electron chi connectivity index (χ1n) is 4.38. The van der Waals surface area contributed by atoms with Gasteiger partial charge in [-0.25, -0.2) is 0 Å². The van der Waals surface area contributed by atoms with Gasteiger partial charge in [0.1, 0.15) is 0 Å². The topological polar surface area (TPSA) is 26.0 Å². The molecule has 0 heterocycles. The molecular weight excluding hydrogens is 237 g/mol. The molecule has 0 aromatic heterocycles. The van der Waals surface area contributed by atoms with E-state index in [1.165, 1.54) is 0 Å². The van der Waals surface area contributed by atoms with Crippen LogP contribution in [-0.4, -0.2) is 11.3 Å². The van der Waals surface area contributed by atoms with Gasteiger partial charge in [-0.05, 0) is 25.1 Å². The molecule has 0 amide bonds. The molecule has 14 heavy (non-hydrogen) atoms. The second-order valence-electron chi connectivity index (χ2n) is 3.26. The summed E-state index contributed by atoms with van der Waals surface area (Å²) in [4.78, 5) is 1.10. The lowest BCUT2D eigenvalue weighted by Gasteiger charge is -2.14. The van der Waals surface area contributed by atoms with Crippen LogP contribution in [0.2, 0.25) is 10.0 Å². The number of nitrogens with two attached hydrogens (primary N) is 1. The fourth-order valence-electron chi connectivity index (χ4n) is 0.872. The Hall–Kier alpha value is 0.110. The number of hydrogen-bond acceptors (Lipinski definition) is 2. The zero-order chi connectivity index (χ0) is 10.7. The van der Waals surface area contributed by atoms with Gasteiger partial charge in [0, 0.05) is 16.2 Å². The van der Waals surface area contributed by atoms with Crippen molar-refractivity contribution in [3.05, 3.63) is 28.2 Å². The molecule has 0 bridgehead atoms. The SMILES string of the molecule is CC(N)C(C)Sc1ccc(Cl)c(Cl)c1. The summed E-state index contributed by atoms with van der Waals surface area (Å²) in [5.74, 6) is 0. The predicted molar refractivity (Wildman–Crippen MR) is 65.4 cm³/mol. The fourth-order valence-corrected chi connectivity index (χ4v) is 2.21. The Kier molecular flexibility index (Phi) is 4.58. The maximum absolute atomic E-state index is 5.90. The van der Waals surface area contributed by atoms with Crippen molar-refractivity contribution in [2.75, 3.05) is 0 Å². The van der Waals surface area contributed by atoms with Crippen LogP contribution in [0.5, 0.6) is 0 Å². The summed E-state index contributed by atoms with van der Waals surface area (Å²) in [5.41, 5.74) is 5.77. The highest BCUT2D eigenvalue weighted by Crippen LogP contribution is 2.30. The second kappa shape index (κ2) is 5.26. The van der Waals surface area contributed by atoms with Gasteiger partial charge >= 0.3 is 0 Å². The Morgan fingerprint density at radius 1 is 1.21 bits per heavy atom. The highest BCUT2D eigenvalue weighted by Gasteiger charge is 2.09. The molecule has 0 radical (unpaired) electrons. The first kappa shape index (κ1) is 12.2. The highest BCUT2D eigenvalue weighted by atomic mass is 35.5. The molecule has 0 saturated heterocycles. The molecule has 78 valence electrons. The number of hydrogen-bond donors (Lipinski definition) is 1. The van der Waals surface area contributed by atoms with Gasteiger partial charge in [0.15, 0.2) is 0 Å². The molecule has 2 N–H and O–H groups in total. The van der Waals surface area contributed by atoms with Crippen molar-refractivity contribution in [2.45, 2.75) is 30.0 Å². The van der Waals surface area contributed by atoms with Crippen molar-refractivity contribution in [2.24, 2.45) is 5.73 Å². The van der Waals surface area contributed by atoms with E-state index >= 15 is 0 Å². The minimum Gasteiger partial charge on any atom is -0.327 e. The number of benzene rings is 1. The Labute approximate surface area is 99.0 Å². The van der Waals surface area contributed by atoms with Gasteiger partial charge < -0.3 is 5.73 Å². The summed E-state index contributed by atoms with van der Waals surface area (Å²) in [7, 11) is 0. The smallest absolute Gasteiger partial charge is 0.0603 e. The standard InChI is InChI=1S/C10H13Cl2NS/c1-6(13)7(2)14-8-3-4-9(11)10(12)5-8/h3-7H,13H2,1-2H3. The van der Waals surface area contributed by atoms with Gasteiger partial charge in [0.05, 0.1) is 10.0 Å². The normalized spacial score (nSPS) is 15.2. The third-order valence-electron chi connectivity index (χ3n) is 1.95. The average molecular weight is 250 g/mol. The first-order chi connectivity index (χ1) is 6.50. The third-order valence-corrected chi connectivity index (χ3v) is 4.02. The van der Waals surface area contributed by atoms with Crippen LogP contribution in [0.4, 0.5) is 0 Å². The predicted octanol–water partition coefficient (Wildman–Crippen LogP) is 3.82. The van der Waals surface area contributed by atoms with Crippen molar-refractivity contribution in [3.8, 4) is 0 Å². The number of thioether (sulfide) groups is 1. The van der Waals surface area contributed by atoms with E-state index in [0.29, 0.717) is 15.3 Å². The van der Waals surface area contributed by atoms with Crippen LogP contribution < -0.4 is 5.73 Å². The lowest BCUT2D eigenvalue weighted by atomic mass is 10.3. The van der Waals surface area contributed by atoms with Gasteiger partial charge in [0.25, 0.3) is 0 Å².